The van der Waals surface area contributed by atoms with Crippen LogP contribution in [0.1, 0.15) is 38.8 Å². The maximum atomic E-state index is 13.3. The van der Waals surface area contributed by atoms with E-state index in [0.29, 0.717) is 34.1 Å². The van der Waals surface area contributed by atoms with E-state index in [1.165, 1.54) is 12.0 Å². The molecule has 0 spiro atoms. The molecule has 0 radical (unpaired) electrons. The van der Waals surface area contributed by atoms with Gasteiger partial charge < -0.3 is 19.5 Å². The number of ether oxygens (including phenoxy) is 3. The lowest BCUT2D eigenvalue weighted by Crippen LogP contribution is -2.41. The van der Waals surface area contributed by atoms with Crippen molar-refractivity contribution in [2.75, 3.05) is 49.9 Å². The number of amides is 1. The summed E-state index contributed by atoms with van der Waals surface area (Å²) in [6.45, 7) is 7.33. The average Bonchev–Trinajstić information content (AvgIpc) is 3.24. The maximum absolute atomic E-state index is 13.3. The Kier molecular flexibility index (Phi) is 9.19. The van der Waals surface area contributed by atoms with E-state index in [-0.39, 0.29) is 37.9 Å². The Labute approximate surface area is 250 Å². The van der Waals surface area contributed by atoms with Crippen LogP contribution in [0.3, 0.4) is 0 Å². The summed E-state index contributed by atoms with van der Waals surface area (Å²) in [7, 11) is -2.10. The van der Waals surface area contributed by atoms with Crippen molar-refractivity contribution in [3.63, 3.8) is 0 Å². The first-order chi connectivity index (χ1) is 20.2. The largest absolute Gasteiger partial charge is 0.480 e. The van der Waals surface area contributed by atoms with Crippen molar-refractivity contribution < 1.29 is 31.6 Å². The first kappa shape index (κ1) is 31.6. The molecule has 0 bridgehead atoms. The summed E-state index contributed by atoms with van der Waals surface area (Å²) in [5.41, 5.74) is 1.54. The number of hydrogen-bond donors (Lipinski definition) is 1. The van der Waals surface area contributed by atoms with Crippen LogP contribution in [0.4, 0.5) is 22.1 Å². The molecule has 1 atom stereocenters. The number of benzene rings is 1. The lowest BCUT2D eigenvalue weighted by atomic mass is 9.83. The van der Waals surface area contributed by atoms with E-state index in [4.69, 9.17) is 18.4 Å². The molecule has 3 heterocycles. The molecule has 1 unspecified atom stereocenters. The molecule has 1 amide bonds. The molecular formula is C29H34N6O7S. The molecule has 0 saturated heterocycles. The highest BCUT2D eigenvalue weighted by molar-refractivity contribution is 7.85. The monoisotopic (exact) mass is 610 g/mol. The molecule has 228 valence electrons. The Morgan fingerprint density at radius 2 is 1.95 bits per heavy atom. The molecule has 1 aliphatic heterocycles. The van der Waals surface area contributed by atoms with Crippen LogP contribution < -0.4 is 15.0 Å². The molecule has 0 aliphatic carbocycles. The van der Waals surface area contributed by atoms with Gasteiger partial charge in [-0.15, -0.1) is 0 Å². The minimum atomic E-state index is -3.61. The minimum absolute atomic E-state index is 0.00791. The highest BCUT2D eigenvalue weighted by Crippen LogP contribution is 2.45. The van der Waals surface area contributed by atoms with E-state index in [9.17, 15) is 18.5 Å². The van der Waals surface area contributed by atoms with Gasteiger partial charge in [-0.25, -0.2) is 19.7 Å². The van der Waals surface area contributed by atoms with Crippen LogP contribution >= 0.6 is 0 Å². The average molecular weight is 611 g/mol. The molecule has 13 nitrogen and oxygen atoms in total. The van der Waals surface area contributed by atoms with Gasteiger partial charge in [0.1, 0.15) is 17.4 Å². The summed E-state index contributed by atoms with van der Waals surface area (Å²) in [6.07, 6.45) is 3.56. The summed E-state index contributed by atoms with van der Waals surface area (Å²) in [4.78, 5) is 27.9. The molecule has 1 aromatic carbocycles. The fraction of sp³-hybridized carbons (Fsp3) is 0.414. The van der Waals surface area contributed by atoms with E-state index in [1.54, 1.807) is 57.4 Å². The van der Waals surface area contributed by atoms with Crippen molar-refractivity contribution in [2.45, 2.75) is 38.7 Å². The number of aromatic nitrogens is 3. The number of fused-ring (bicyclic) bond motifs is 1. The SMILES string of the molecule is COc1ncccc1Nc1nccc(-c2cc(C#N)c3c(c2)C(C)(COCCOS(C)(=O)=O)CN3C(=O)OC(C)(C)C)n1. The molecule has 3 aromatic rings. The van der Waals surface area contributed by atoms with Gasteiger partial charge in [0, 0.05) is 29.9 Å². The number of nitriles is 1. The number of anilines is 3. The highest BCUT2D eigenvalue weighted by atomic mass is 32.2. The van der Waals surface area contributed by atoms with Crippen LogP contribution in [0.2, 0.25) is 0 Å². The van der Waals surface area contributed by atoms with E-state index in [2.05, 4.69) is 26.3 Å². The number of nitrogens with one attached hydrogen (secondary N) is 1. The molecule has 1 N–H and O–H groups in total. The molecule has 14 heteroatoms. The molecule has 0 saturated carbocycles. The third kappa shape index (κ3) is 7.75. The fourth-order valence-electron chi connectivity index (χ4n) is 4.62. The Balaban J connectivity index is 1.72. The second-order valence-electron chi connectivity index (χ2n) is 11.2. The third-order valence-corrected chi connectivity index (χ3v) is 6.97. The predicted octanol–water partition coefficient (Wildman–Crippen LogP) is 4.17. The molecular weight excluding hydrogens is 576 g/mol. The number of hydrogen-bond acceptors (Lipinski definition) is 12. The Morgan fingerprint density at radius 3 is 2.63 bits per heavy atom. The van der Waals surface area contributed by atoms with Crippen LogP contribution in [0.25, 0.3) is 11.3 Å². The van der Waals surface area contributed by atoms with Crippen molar-refractivity contribution in [3.05, 3.63) is 53.9 Å². The molecule has 43 heavy (non-hydrogen) atoms. The number of carbonyl (C=O) groups excluding carboxylic acids is 1. The first-order valence-corrected chi connectivity index (χ1v) is 15.2. The Hall–Kier alpha value is -4.32. The number of methoxy groups -OCH3 is 1. The van der Waals surface area contributed by atoms with Gasteiger partial charge >= 0.3 is 6.09 Å². The van der Waals surface area contributed by atoms with Gasteiger partial charge in [0.15, 0.2) is 0 Å². The minimum Gasteiger partial charge on any atom is -0.480 e. The zero-order valence-corrected chi connectivity index (χ0v) is 25.7. The van der Waals surface area contributed by atoms with Gasteiger partial charge in [-0.3, -0.25) is 9.08 Å². The van der Waals surface area contributed by atoms with E-state index >= 15 is 0 Å². The Morgan fingerprint density at radius 1 is 1.19 bits per heavy atom. The number of rotatable bonds is 10. The second-order valence-corrected chi connectivity index (χ2v) is 12.8. The van der Waals surface area contributed by atoms with E-state index in [0.717, 1.165) is 6.26 Å². The number of nitrogens with zero attached hydrogens (tertiary/aromatic N) is 5. The van der Waals surface area contributed by atoms with Crippen LogP contribution in [-0.2, 0) is 29.2 Å². The van der Waals surface area contributed by atoms with Gasteiger partial charge in [0.2, 0.25) is 11.8 Å². The fourth-order valence-corrected chi connectivity index (χ4v) is 4.99. The van der Waals surface area contributed by atoms with Crippen molar-refractivity contribution in [1.82, 2.24) is 15.0 Å². The smallest absolute Gasteiger partial charge is 0.414 e. The van der Waals surface area contributed by atoms with Crippen LogP contribution in [-0.4, -0.2) is 74.8 Å². The van der Waals surface area contributed by atoms with Gasteiger partial charge in [-0.05, 0) is 56.7 Å². The maximum Gasteiger partial charge on any atom is 0.414 e. The van der Waals surface area contributed by atoms with Gasteiger partial charge in [0.05, 0.1) is 50.1 Å². The first-order valence-electron chi connectivity index (χ1n) is 13.3. The normalized spacial score (nSPS) is 16.3. The van der Waals surface area contributed by atoms with E-state index in [1.807, 2.05) is 13.0 Å². The van der Waals surface area contributed by atoms with Crippen molar-refractivity contribution >= 4 is 33.5 Å². The van der Waals surface area contributed by atoms with Crippen molar-refractivity contribution in [2.24, 2.45) is 0 Å². The van der Waals surface area contributed by atoms with Gasteiger partial charge in [0.25, 0.3) is 10.1 Å². The van der Waals surface area contributed by atoms with Crippen LogP contribution in [0, 0.1) is 11.3 Å². The van der Waals surface area contributed by atoms with Gasteiger partial charge in [-0.1, -0.05) is 6.92 Å². The number of carbonyl (C=O) groups is 1. The lowest BCUT2D eigenvalue weighted by molar-refractivity contribution is 0.0541. The number of pyridine rings is 1. The molecule has 4 rings (SSSR count). The second kappa shape index (κ2) is 12.5. The van der Waals surface area contributed by atoms with Crippen molar-refractivity contribution in [3.8, 4) is 23.2 Å². The van der Waals surface area contributed by atoms with Crippen molar-refractivity contribution in [1.29, 1.82) is 5.26 Å². The lowest BCUT2D eigenvalue weighted by Gasteiger charge is -2.27. The zero-order valence-electron chi connectivity index (χ0n) is 24.9. The van der Waals surface area contributed by atoms with E-state index < -0.39 is 27.2 Å². The third-order valence-electron chi connectivity index (χ3n) is 6.38. The van der Waals surface area contributed by atoms with Crippen LogP contribution in [0.5, 0.6) is 5.88 Å². The van der Waals surface area contributed by atoms with Gasteiger partial charge in [-0.2, -0.15) is 13.7 Å². The zero-order chi connectivity index (χ0) is 31.4. The quantitative estimate of drug-likeness (QED) is 0.258. The summed E-state index contributed by atoms with van der Waals surface area (Å²) < 4.78 is 44.2. The summed E-state index contributed by atoms with van der Waals surface area (Å²) in [5, 5.41) is 13.3. The predicted molar refractivity (Wildman–Crippen MR) is 159 cm³/mol. The standard InChI is InChI=1S/C29H34N6O7S/c1-28(2,3)42-27(36)35-17-29(4,18-40-12-13-41-43(6,37)38)21-15-19(14-20(16-30)24(21)35)22-9-11-32-26(33-22)34-23-8-7-10-31-25(23)39-5/h7-11,14-15H,12-13,17-18H2,1-6H3,(H,32,33,34). The topological polar surface area (TPSA) is 166 Å². The summed E-state index contributed by atoms with van der Waals surface area (Å²) in [6, 6.07) is 11.0. The molecule has 1 aliphatic rings. The highest BCUT2D eigenvalue weighted by Gasteiger charge is 2.45. The molecule has 0 fully saturated rings. The van der Waals surface area contributed by atoms with Crippen LogP contribution in [0.15, 0.2) is 42.7 Å². The summed E-state index contributed by atoms with van der Waals surface area (Å²) >= 11 is 0. The Bertz CT molecular complexity index is 1650. The molecule has 2 aromatic heterocycles. The summed E-state index contributed by atoms with van der Waals surface area (Å²) in [5.74, 6) is 0.663.